The number of benzene rings is 2. The van der Waals surface area contributed by atoms with Gasteiger partial charge in [0.05, 0.1) is 12.2 Å². The Morgan fingerprint density at radius 3 is 2.38 bits per heavy atom. The van der Waals surface area contributed by atoms with Gasteiger partial charge in [0.1, 0.15) is 12.3 Å². The van der Waals surface area contributed by atoms with Gasteiger partial charge in [-0.05, 0) is 40.3 Å². The summed E-state index contributed by atoms with van der Waals surface area (Å²) in [4.78, 5) is 16.1. The number of nitrogen functional groups attached to an aromatic ring is 1. The van der Waals surface area contributed by atoms with Crippen molar-refractivity contribution >= 4 is 23.4 Å². The Morgan fingerprint density at radius 1 is 1.07 bits per heavy atom. The van der Waals surface area contributed by atoms with Crippen LogP contribution in [0.2, 0.25) is 5.15 Å². The lowest BCUT2D eigenvalue weighted by atomic mass is 9.98. The summed E-state index contributed by atoms with van der Waals surface area (Å²) in [5.74, 6) is 5.66. The average molecular weight is 404 g/mol. The molecule has 0 bridgehead atoms. The average Bonchev–Trinajstić information content (AvgIpc) is 3.06. The zero-order valence-corrected chi connectivity index (χ0v) is 16.2. The van der Waals surface area contributed by atoms with Gasteiger partial charge >= 0.3 is 6.09 Å². The fraction of sp³-hybridized carbons (Fsp3) is 0.130. The van der Waals surface area contributed by atoms with Gasteiger partial charge in [-0.3, -0.25) is 0 Å². The number of amides is 1. The van der Waals surface area contributed by atoms with E-state index < -0.39 is 6.09 Å². The predicted octanol–water partition coefficient (Wildman–Crippen LogP) is 4.21. The second-order valence-electron chi connectivity index (χ2n) is 6.56. The second-order valence-corrected chi connectivity index (χ2v) is 6.92. The standard InChI is InChI=1S/C23H18ClN3O2/c24-22-21(25)12-11-15(27-22)6-5-13-26-23(28)29-14-20-18-9-3-1-7-16(18)17-8-2-4-10-19(17)20/h1-4,7-12,20H,13-14,25H2,(H,26,28). The van der Waals surface area contributed by atoms with Crippen molar-refractivity contribution in [1.29, 1.82) is 0 Å². The maximum Gasteiger partial charge on any atom is 0.407 e. The molecule has 144 valence electrons. The molecule has 1 aliphatic rings. The van der Waals surface area contributed by atoms with E-state index in [1.165, 1.54) is 22.3 Å². The highest BCUT2D eigenvalue weighted by molar-refractivity contribution is 6.31. The molecule has 1 aromatic heterocycles. The summed E-state index contributed by atoms with van der Waals surface area (Å²) in [6.07, 6.45) is -0.510. The molecule has 0 radical (unpaired) electrons. The molecule has 0 unspecified atom stereocenters. The molecule has 0 saturated carbocycles. The van der Waals surface area contributed by atoms with Crippen LogP contribution in [0.15, 0.2) is 60.7 Å². The van der Waals surface area contributed by atoms with Crippen molar-refractivity contribution in [3.05, 3.63) is 82.6 Å². The van der Waals surface area contributed by atoms with Gasteiger partial charge in [0.25, 0.3) is 0 Å². The largest absolute Gasteiger partial charge is 0.449 e. The number of hydrogen-bond acceptors (Lipinski definition) is 4. The number of carbonyl (C=O) groups is 1. The van der Waals surface area contributed by atoms with E-state index in [9.17, 15) is 4.79 Å². The van der Waals surface area contributed by atoms with Crippen LogP contribution in [0.3, 0.4) is 0 Å². The molecule has 3 N–H and O–H groups in total. The lowest BCUT2D eigenvalue weighted by Crippen LogP contribution is -2.26. The molecule has 6 heteroatoms. The van der Waals surface area contributed by atoms with Crippen molar-refractivity contribution < 1.29 is 9.53 Å². The number of aromatic nitrogens is 1. The minimum Gasteiger partial charge on any atom is -0.449 e. The number of nitrogens with two attached hydrogens (primary N) is 1. The van der Waals surface area contributed by atoms with Crippen LogP contribution in [-0.2, 0) is 4.74 Å². The van der Waals surface area contributed by atoms with Gasteiger partial charge in [0.2, 0.25) is 0 Å². The number of hydrogen-bond donors (Lipinski definition) is 2. The van der Waals surface area contributed by atoms with E-state index in [2.05, 4.69) is 46.4 Å². The Balaban J connectivity index is 1.35. The first-order valence-corrected chi connectivity index (χ1v) is 9.51. The van der Waals surface area contributed by atoms with Gasteiger partial charge in [-0.1, -0.05) is 66.1 Å². The third-order valence-corrected chi connectivity index (χ3v) is 5.06. The number of fused-ring (bicyclic) bond motifs is 3. The van der Waals surface area contributed by atoms with Crippen LogP contribution in [-0.4, -0.2) is 24.2 Å². The highest BCUT2D eigenvalue weighted by atomic mass is 35.5. The van der Waals surface area contributed by atoms with Crippen LogP contribution in [0, 0.1) is 11.8 Å². The number of ether oxygens (including phenoxy) is 1. The normalized spacial score (nSPS) is 11.8. The predicted molar refractivity (Wildman–Crippen MR) is 114 cm³/mol. The van der Waals surface area contributed by atoms with Gasteiger partial charge in [-0.15, -0.1) is 0 Å². The Bertz CT molecular complexity index is 1090. The van der Waals surface area contributed by atoms with Crippen molar-refractivity contribution in [2.45, 2.75) is 5.92 Å². The number of rotatable bonds is 3. The molecule has 4 rings (SSSR count). The van der Waals surface area contributed by atoms with Crippen LogP contribution in [0.4, 0.5) is 10.5 Å². The van der Waals surface area contributed by atoms with E-state index in [0.717, 1.165) is 0 Å². The van der Waals surface area contributed by atoms with Crippen molar-refractivity contribution in [2.24, 2.45) is 0 Å². The third-order valence-electron chi connectivity index (χ3n) is 4.76. The van der Waals surface area contributed by atoms with Gasteiger partial charge in [-0.2, -0.15) is 0 Å². The minimum atomic E-state index is -0.510. The summed E-state index contributed by atoms with van der Waals surface area (Å²) in [7, 11) is 0. The number of anilines is 1. The molecule has 0 aliphatic heterocycles. The van der Waals surface area contributed by atoms with Crippen molar-refractivity contribution in [3.63, 3.8) is 0 Å². The Kier molecular flexibility index (Phi) is 5.37. The monoisotopic (exact) mass is 403 g/mol. The number of halogens is 1. The molecule has 0 fully saturated rings. The number of nitrogens with one attached hydrogen (secondary N) is 1. The molecule has 29 heavy (non-hydrogen) atoms. The molecule has 3 aromatic rings. The molecule has 2 aromatic carbocycles. The van der Waals surface area contributed by atoms with Crippen LogP contribution in [0.25, 0.3) is 11.1 Å². The van der Waals surface area contributed by atoms with E-state index in [1.807, 2.05) is 24.3 Å². The van der Waals surface area contributed by atoms with E-state index in [1.54, 1.807) is 12.1 Å². The molecule has 0 spiro atoms. The maximum absolute atomic E-state index is 12.1. The lowest BCUT2D eigenvalue weighted by molar-refractivity contribution is 0.144. The number of nitrogens with zero attached hydrogens (tertiary/aromatic N) is 1. The fourth-order valence-electron chi connectivity index (χ4n) is 3.42. The van der Waals surface area contributed by atoms with Gasteiger partial charge in [0, 0.05) is 5.92 Å². The van der Waals surface area contributed by atoms with E-state index >= 15 is 0 Å². The molecule has 1 heterocycles. The topological polar surface area (TPSA) is 77.2 Å². The van der Waals surface area contributed by atoms with Crippen LogP contribution >= 0.6 is 11.6 Å². The van der Waals surface area contributed by atoms with E-state index in [0.29, 0.717) is 11.4 Å². The molecule has 1 amide bonds. The maximum atomic E-state index is 12.1. The molecule has 1 aliphatic carbocycles. The number of carbonyl (C=O) groups excluding carboxylic acids is 1. The summed E-state index contributed by atoms with van der Waals surface area (Å²) >= 11 is 5.86. The highest BCUT2D eigenvalue weighted by Crippen LogP contribution is 2.44. The first kappa shape index (κ1) is 18.9. The molecule has 0 atom stereocenters. The number of alkyl carbamates (subject to hydrolysis) is 1. The van der Waals surface area contributed by atoms with Crippen molar-refractivity contribution in [2.75, 3.05) is 18.9 Å². The summed E-state index contributed by atoms with van der Waals surface area (Å²) in [6.45, 7) is 0.406. The summed E-state index contributed by atoms with van der Waals surface area (Å²) in [5.41, 5.74) is 11.2. The SMILES string of the molecule is Nc1ccc(C#CCNC(=O)OCC2c3ccccc3-c3ccccc32)nc1Cl. The summed E-state index contributed by atoms with van der Waals surface area (Å²) in [5, 5.41) is 2.84. The van der Waals surface area contributed by atoms with Crippen LogP contribution in [0.5, 0.6) is 0 Å². The number of pyridine rings is 1. The molecule has 5 nitrogen and oxygen atoms in total. The summed E-state index contributed by atoms with van der Waals surface area (Å²) in [6, 6.07) is 19.7. The van der Waals surface area contributed by atoms with E-state index in [-0.39, 0.29) is 24.2 Å². The van der Waals surface area contributed by atoms with Gasteiger partial charge in [-0.25, -0.2) is 9.78 Å². The zero-order valence-electron chi connectivity index (χ0n) is 15.5. The lowest BCUT2D eigenvalue weighted by Gasteiger charge is -2.14. The first-order valence-electron chi connectivity index (χ1n) is 9.13. The smallest absolute Gasteiger partial charge is 0.407 e. The Morgan fingerprint density at radius 2 is 1.72 bits per heavy atom. The Hall–Kier alpha value is -3.49. The van der Waals surface area contributed by atoms with Gasteiger partial charge in [0.15, 0.2) is 5.15 Å². The second kappa shape index (κ2) is 8.26. The van der Waals surface area contributed by atoms with Crippen LogP contribution < -0.4 is 11.1 Å². The molecular formula is C23H18ClN3O2. The highest BCUT2D eigenvalue weighted by Gasteiger charge is 2.28. The zero-order chi connectivity index (χ0) is 20.2. The third kappa shape index (κ3) is 4.03. The quantitative estimate of drug-likeness (QED) is 0.507. The summed E-state index contributed by atoms with van der Waals surface area (Å²) < 4.78 is 5.46. The molecule has 0 saturated heterocycles. The van der Waals surface area contributed by atoms with Crippen molar-refractivity contribution in [1.82, 2.24) is 10.3 Å². The van der Waals surface area contributed by atoms with Crippen LogP contribution in [0.1, 0.15) is 22.7 Å². The van der Waals surface area contributed by atoms with Gasteiger partial charge < -0.3 is 15.8 Å². The first-order chi connectivity index (χ1) is 14.1. The fourth-order valence-corrected chi connectivity index (χ4v) is 3.57. The Labute approximate surface area is 173 Å². The minimum absolute atomic E-state index is 0.0281. The van der Waals surface area contributed by atoms with E-state index in [4.69, 9.17) is 22.1 Å². The molecular weight excluding hydrogens is 386 g/mol. The van der Waals surface area contributed by atoms with Crippen molar-refractivity contribution in [3.8, 4) is 23.0 Å².